The van der Waals surface area contributed by atoms with Gasteiger partial charge in [0.1, 0.15) is 5.82 Å². The first kappa shape index (κ1) is 20.9. The smallest absolute Gasteiger partial charge is 0.354 e. The summed E-state index contributed by atoms with van der Waals surface area (Å²) < 4.78 is 37.9. The lowest BCUT2D eigenvalue weighted by Gasteiger charge is -2.34. The van der Waals surface area contributed by atoms with Gasteiger partial charge in [0.05, 0.1) is 12.5 Å². The number of hydrogen-bond acceptors (Lipinski definition) is 5. The topological polar surface area (TPSA) is 51.7 Å². The Bertz CT molecular complexity index is 661. The highest BCUT2D eigenvalue weighted by Crippen LogP contribution is 2.23. The first-order valence-electron chi connectivity index (χ1n) is 9.76. The summed E-state index contributed by atoms with van der Waals surface area (Å²) in [4.78, 5) is 22.8. The monoisotopic (exact) mass is 399 g/mol. The summed E-state index contributed by atoms with van der Waals surface area (Å²) in [5.74, 6) is 0.290. The molecule has 2 saturated heterocycles. The number of nitrogens with zero attached hydrogens (tertiary/aromatic N) is 4. The summed E-state index contributed by atoms with van der Waals surface area (Å²) in [5.41, 5.74) is 0.934. The summed E-state index contributed by atoms with van der Waals surface area (Å²) in [6, 6.07) is 3.78. The minimum Gasteiger partial charge on any atom is -0.354 e. The van der Waals surface area contributed by atoms with Gasteiger partial charge in [0.15, 0.2) is 0 Å². The van der Waals surface area contributed by atoms with Crippen LogP contribution in [0.15, 0.2) is 18.3 Å². The first-order chi connectivity index (χ1) is 13.3. The van der Waals surface area contributed by atoms with E-state index in [1.165, 1.54) is 4.90 Å². The molecule has 1 amide bonds. The second kappa shape index (κ2) is 9.09. The van der Waals surface area contributed by atoms with Crippen LogP contribution in [0.4, 0.5) is 19.0 Å². The maximum Gasteiger partial charge on any atom is 0.401 e. The molecule has 0 saturated carbocycles. The molecule has 0 spiro atoms. The largest absolute Gasteiger partial charge is 0.401 e. The van der Waals surface area contributed by atoms with Gasteiger partial charge in [-0.2, -0.15) is 13.2 Å². The zero-order valence-electron chi connectivity index (χ0n) is 16.2. The Balaban J connectivity index is 1.56. The van der Waals surface area contributed by atoms with Gasteiger partial charge in [-0.3, -0.25) is 9.69 Å². The van der Waals surface area contributed by atoms with Crippen LogP contribution in [-0.4, -0.2) is 79.7 Å². The lowest BCUT2D eigenvalue weighted by molar-refractivity contribution is -0.152. The van der Waals surface area contributed by atoms with E-state index in [0.29, 0.717) is 25.9 Å². The Morgan fingerprint density at radius 3 is 2.71 bits per heavy atom. The molecule has 1 aromatic rings. The van der Waals surface area contributed by atoms with E-state index in [1.807, 2.05) is 12.1 Å². The molecule has 3 heterocycles. The van der Waals surface area contributed by atoms with E-state index in [-0.39, 0.29) is 12.5 Å². The van der Waals surface area contributed by atoms with Crippen LogP contribution in [0.3, 0.4) is 0 Å². The number of rotatable bonds is 5. The number of amides is 1. The van der Waals surface area contributed by atoms with E-state index in [9.17, 15) is 18.0 Å². The maximum atomic E-state index is 12.6. The molecule has 9 heteroatoms. The van der Waals surface area contributed by atoms with Crippen LogP contribution in [0.2, 0.25) is 0 Å². The Morgan fingerprint density at radius 1 is 1.25 bits per heavy atom. The van der Waals surface area contributed by atoms with E-state index in [4.69, 9.17) is 0 Å². The number of hydrogen-bond donors (Lipinski definition) is 1. The molecule has 0 aliphatic carbocycles. The van der Waals surface area contributed by atoms with Crippen molar-refractivity contribution in [2.24, 2.45) is 5.92 Å². The SMILES string of the molecule is CN1CCN(c2ncccc2CNC(=O)C2CCCN(CC(F)(F)F)C2)CC1. The van der Waals surface area contributed by atoms with Crippen molar-refractivity contribution in [1.29, 1.82) is 0 Å². The fraction of sp³-hybridized carbons (Fsp3) is 0.684. The van der Waals surface area contributed by atoms with E-state index in [1.54, 1.807) is 6.20 Å². The minimum atomic E-state index is -4.23. The number of carbonyl (C=O) groups excluding carboxylic acids is 1. The Kier molecular flexibility index (Phi) is 6.77. The van der Waals surface area contributed by atoms with Gasteiger partial charge in [-0.15, -0.1) is 0 Å². The molecule has 1 N–H and O–H groups in total. The van der Waals surface area contributed by atoms with Gasteiger partial charge in [-0.25, -0.2) is 4.98 Å². The van der Waals surface area contributed by atoms with Crippen LogP contribution in [0.1, 0.15) is 18.4 Å². The van der Waals surface area contributed by atoms with Gasteiger partial charge in [-0.1, -0.05) is 6.07 Å². The number of likely N-dealkylation sites (N-methyl/N-ethyl adjacent to an activating group) is 1. The van der Waals surface area contributed by atoms with Crippen LogP contribution >= 0.6 is 0 Å². The molecule has 1 unspecified atom stereocenters. The third-order valence-electron chi connectivity index (χ3n) is 5.40. The van der Waals surface area contributed by atoms with Crippen molar-refractivity contribution in [2.45, 2.75) is 25.6 Å². The lowest BCUT2D eigenvalue weighted by Crippen LogP contribution is -2.46. The quantitative estimate of drug-likeness (QED) is 0.817. The van der Waals surface area contributed by atoms with Crippen LogP contribution in [0.5, 0.6) is 0 Å². The number of anilines is 1. The normalized spacial score (nSPS) is 22.3. The van der Waals surface area contributed by atoms with Crippen molar-refractivity contribution in [3.05, 3.63) is 23.9 Å². The highest BCUT2D eigenvalue weighted by atomic mass is 19.4. The molecule has 0 radical (unpaired) electrons. The highest BCUT2D eigenvalue weighted by molar-refractivity contribution is 5.79. The number of aromatic nitrogens is 1. The number of likely N-dealkylation sites (tertiary alicyclic amines) is 1. The maximum absolute atomic E-state index is 12.6. The zero-order valence-corrected chi connectivity index (χ0v) is 16.2. The summed E-state index contributed by atoms with van der Waals surface area (Å²) in [5, 5.41) is 2.92. The van der Waals surface area contributed by atoms with Crippen molar-refractivity contribution >= 4 is 11.7 Å². The number of carbonyl (C=O) groups is 1. The van der Waals surface area contributed by atoms with Crippen molar-refractivity contribution in [3.63, 3.8) is 0 Å². The van der Waals surface area contributed by atoms with Gasteiger partial charge in [0.2, 0.25) is 5.91 Å². The number of alkyl halides is 3. The van der Waals surface area contributed by atoms with Crippen LogP contribution in [0, 0.1) is 5.92 Å². The predicted molar refractivity (Wildman–Crippen MR) is 101 cm³/mol. The van der Waals surface area contributed by atoms with Gasteiger partial charge in [0, 0.05) is 51.0 Å². The third-order valence-corrected chi connectivity index (χ3v) is 5.40. The number of halogens is 3. The Labute approximate surface area is 163 Å². The summed E-state index contributed by atoms with van der Waals surface area (Å²) >= 11 is 0. The first-order valence-corrected chi connectivity index (χ1v) is 9.76. The third kappa shape index (κ3) is 5.81. The van der Waals surface area contributed by atoms with Gasteiger partial charge in [0.25, 0.3) is 0 Å². The molecule has 0 aromatic carbocycles. The second-order valence-corrected chi connectivity index (χ2v) is 7.68. The molecule has 0 bridgehead atoms. The van der Waals surface area contributed by atoms with E-state index in [2.05, 4.69) is 27.1 Å². The lowest BCUT2D eigenvalue weighted by atomic mass is 9.97. The number of nitrogens with one attached hydrogen (secondary N) is 1. The number of piperazine rings is 1. The standard InChI is InChI=1S/C19H28F3N5O/c1-25-8-10-27(11-9-25)17-15(4-2-6-23-17)12-24-18(28)16-5-3-7-26(13-16)14-19(20,21)22/h2,4,6,16H,3,5,7-14H2,1H3,(H,24,28). The van der Waals surface area contributed by atoms with Crippen molar-refractivity contribution in [3.8, 4) is 0 Å². The fourth-order valence-electron chi connectivity index (χ4n) is 3.86. The molecular formula is C19H28F3N5O. The molecule has 1 aromatic heterocycles. The molecule has 3 rings (SSSR count). The van der Waals surface area contributed by atoms with Gasteiger partial charge < -0.3 is 15.1 Å². The molecule has 2 fully saturated rings. The van der Waals surface area contributed by atoms with E-state index in [0.717, 1.165) is 37.6 Å². The van der Waals surface area contributed by atoms with Crippen LogP contribution in [-0.2, 0) is 11.3 Å². The van der Waals surface area contributed by atoms with Crippen molar-refractivity contribution in [2.75, 3.05) is 57.8 Å². The molecule has 156 valence electrons. The van der Waals surface area contributed by atoms with Crippen LogP contribution < -0.4 is 10.2 Å². The number of piperidine rings is 1. The van der Waals surface area contributed by atoms with Crippen molar-refractivity contribution in [1.82, 2.24) is 20.1 Å². The van der Waals surface area contributed by atoms with E-state index < -0.39 is 18.6 Å². The summed E-state index contributed by atoms with van der Waals surface area (Å²) in [6.45, 7) is 3.60. The van der Waals surface area contributed by atoms with Gasteiger partial charge >= 0.3 is 6.18 Å². The van der Waals surface area contributed by atoms with E-state index >= 15 is 0 Å². The summed E-state index contributed by atoms with van der Waals surface area (Å²) in [7, 11) is 2.09. The highest BCUT2D eigenvalue weighted by Gasteiger charge is 2.34. The Morgan fingerprint density at radius 2 is 2.00 bits per heavy atom. The van der Waals surface area contributed by atoms with Gasteiger partial charge in [-0.05, 0) is 32.5 Å². The molecule has 2 aliphatic heterocycles. The number of pyridine rings is 1. The summed E-state index contributed by atoms with van der Waals surface area (Å²) in [6.07, 6.45) is -1.26. The molecule has 6 nitrogen and oxygen atoms in total. The average molecular weight is 399 g/mol. The molecule has 28 heavy (non-hydrogen) atoms. The molecule has 2 aliphatic rings. The predicted octanol–water partition coefficient (Wildman–Crippen LogP) is 1.72. The minimum absolute atomic E-state index is 0.156. The average Bonchev–Trinajstić information content (AvgIpc) is 2.66. The zero-order chi connectivity index (χ0) is 20.1. The fourth-order valence-corrected chi connectivity index (χ4v) is 3.86. The van der Waals surface area contributed by atoms with Crippen molar-refractivity contribution < 1.29 is 18.0 Å². The molecular weight excluding hydrogens is 371 g/mol. The van der Waals surface area contributed by atoms with Crippen LogP contribution in [0.25, 0.3) is 0 Å². The Hall–Kier alpha value is -1.87. The molecule has 1 atom stereocenters. The second-order valence-electron chi connectivity index (χ2n) is 7.68.